The van der Waals surface area contributed by atoms with E-state index in [-0.39, 0.29) is 22.2 Å². The molecule has 2 aromatic carbocycles. The van der Waals surface area contributed by atoms with Crippen molar-refractivity contribution in [2.45, 2.75) is 50.3 Å². The lowest BCUT2D eigenvalue weighted by molar-refractivity contribution is -0.132. The van der Waals surface area contributed by atoms with Crippen molar-refractivity contribution in [3.05, 3.63) is 104 Å². The van der Waals surface area contributed by atoms with Gasteiger partial charge in [-0.1, -0.05) is 84.4 Å². The van der Waals surface area contributed by atoms with E-state index in [1.165, 1.54) is 28.0 Å². The van der Waals surface area contributed by atoms with Crippen molar-refractivity contribution in [1.29, 1.82) is 0 Å². The van der Waals surface area contributed by atoms with Gasteiger partial charge in [0.25, 0.3) is 5.78 Å². The highest BCUT2D eigenvalue weighted by atomic mass is 35.5. The van der Waals surface area contributed by atoms with E-state index >= 15 is 0 Å². The van der Waals surface area contributed by atoms with Crippen LogP contribution in [0.4, 0.5) is 5.13 Å². The average Bonchev–Trinajstić information content (AvgIpc) is 3.71. The second-order valence-electron chi connectivity index (χ2n) is 11.6. The van der Waals surface area contributed by atoms with Crippen molar-refractivity contribution >= 4 is 74.5 Å². The molecule has 47 heavy (non-hydrogen) atoms. The van der Waals surface area contributed by atoms with E-state index in [0.29, 0.717) is 55.3 Å². The van der Waals surface area contributed by atoms with Crippen molar-refractivity contribution < 1.29 is 19.4 Å². The monoisotopic (exact) mass is 707 g/mol. The summed E-state index contributed by atoms with van der Waals surface area (Å²) in [4.78, 5) is 33.7. The zero-order valence-corrected chi connectivity index (χ0v) is 29.2. The van der Waals surface area contributed by atoms with E-state index in [0.717, 1.165) is 17.5 Å². The molecule has 1 N–H and O–H groups in total. The fraction of sp³-hybridized carbons (Fsp3) is 0.265. The molecule has 1 aliphatic rings. The number of nitrogens with zero attached hydrogens (tertiary/aromatic N) is 5. The van der Waals surface area contributed by atoms with Gasteiger partial charge in [0.05, 0.1) is 23.9 Å². The lowest BCUT2D eigenvalue weighted by atomic mass is 9.96. The van der Waals surface area contributed by atoms with Crippen LogP contribution in [0.1, 0.15) is 54.4 Å². The molecular weight excluding hydrogens is 677 g/mol. The molecule has 1 atom stereocenters. The van der Waals surface area contributed by atoms with Crippen LogP contribution in [0.3, 0.4) is 0 Å². The molecule has 9 nitrogen and oxygen atoms in total. The number of thioether (sulfide) groups is 1. The Hall–Kier alpha value is -3.90. The lowest BCUT2D eigenvalue weighted by Gasteiger charge is -2.23. The zero-order valence-electron chi connectivity index (χ0n) is 26.0. The van der Waals surface area contributed by atoms with Gasteiger partial charge >= 0.3 is 5.91 Å². The minimum atomic E-state index is -1.01. The summed E-state index contributed by atoms with van der Waals surface area (Å²) in [5.74, 6) is -0.490. The van der Waals surface area contributed by atoms with Crippen LogP contribution in [0.25, 0.3) is 11.4 Å². The van der Waals surface area contributed by atoms with Gasteiger partial charge in [-0.05, 0) is 73.2 Å². The number of amides is 1. The number of benzene rings is 2. The topological polar surface area (TPSA) is 110 Å². The standard InChI is InChI=1S/C34H31Cl2N5O4S2/c1-18(2)12-14-45-24-9-5-8-21(15-24)28-26(29(42)27-20(4)40-13-6-7-19(3)31(40)37-27)30(43)32(44)41(28)33-38-39-34(47-33)46-17-22-10-11-23(35)16-25(22)36/h5-11,13,15-16,18,28,42H,12,14,17H2,1-4H3/b29-26+. The van der Waals surface area contributed by atoms with E-state index in [1.54, 1.807) is 30.3 Å². The molecular formula is C34H31Cl2N5O4S2. The van der Waals surface area contributed by atoms with Crippen molar-refractivity contribution in [3.63, 3.8) is 0 Å². The Morgan fingerprint density at radius 3 is 2.64 bits per heavy atom. The first-order valence-corrected chi connectivity index (χ1v) is 17.5. The molecule has 1 saturated heterocycles. The summed E-state index contributed by atoms with van der Waals surface area (Å²) < 4.78 is 8.45. The van der Waals surface area contributed by atoms with Crippen molar-refractivity contribution in [2.75, 3.05) is 11.5 Å². The van der Waals surface area contributed by atoms with Crippen LogP contribution in [-0.2, 0) is 15.3 Å². The van der Waals surface area contributed by atoms with Crippen LogP contribution in [-0.4, -0.2) is 43.0 Å². The molecule has 3 aromatic heterocycles. The minimum absolute atomic E-state index is 0.0872. The number of fused-ring (bicyclic) bond motifs is 1. The Kier molecular flexibility index (Phi) is 9.61. The molecule has 0 bridgehead atoms. The van der Waals surface area contributed by atoms with Gasteiger partial charge in [0.15, 0.2) is 10.1 Å². The normalized spacial score (nSPS) is 16.1. The first-order valence-electron chi connectivity index (χ1n) is 14.9. The lowest BCUT2D eigenvalue weighted by Crippen LogP contribution is -2.29. The predicted octanol–water partition coefficient (Wildman–Crippen LogP) is 8.45. The second kappa shape index (κ2) is 13.7. The number of hydrogen-bond donors (Lipinski definition) is 1. The molecule has 1 fully saturated rings. The van der Waals surface area contributed by atoms with Crippen LogP contribution in [0, 0.1) is 19.8 Å². The minimum Gasteiger partial charge on any atom is -0.505 e. The maximum Gasteiger partial charge on any atom is 0.301 e. The molecule has 5 aromatic rings. The number of anilines is 1. The Labute approximate surface area is 290 Å². The number of ether oxygens (including phenoxy) is 1. The Morgan fingerprint density at radius 1 is 1.09 bits per heavy atom. The van der Waals surface area contributed by atoms with Crippen LogP contribution in [0.5, 0.6) is 5.75 Å². The molecule has 242 valence electrons. The molecule has 1 unspecified atom stereocenters. The fourth-order valence-electron chi connectivity index (χ4n) is 5.34. The first kappa shape index (κ1) is 33.0. The number of aliphatic hydroxyl groups is 1. The zero-order chi connectivity index (χ0) is 33.4. The number of carbonyl (C=O) groups is 2. The molecule has 0 radical (unpaired) electrons. The van der Waals surface area contributed by atoms with E-state index in [2.05, 4.69) is 29.0 Å². The van der Waals surface area contributed by atoms with Crippen LogP contribution < -0.4 is 9.64 Å². The highest BCUT2D eigenvalue weighted by Crippen LogP contribution is 2.45. The highest BCUT2D eigenvalue weighted by molar-refractivity contribution is 8.00. The van der Waals surface area contributed by atoms with E-state index in [1.807, 2.05) is 48.7 Å². The maximum atomic E-state index is 13.8. The number of aliphatic hydroxyl groups excluding tert-OH is 1. The molecule has 1 aliphatic heterocycles. The number of hydrogen-bond acceptors (Lipinski definition) is 9. The predicted molar refractivity (Wildman–Crippen MR) is 187 cm³/mol. The quantitative estimate of drug-likeness (QED) is 0.0506. The molecule has 0 aliphatic carbocycles. The largest absolute Gasteiger partial charge is 0.505 e. The third kappa shape index (κ3) is 6.62. The third-order valence-corrected chi connectivity index (χ3v) is 10.6. The molecule has 0 spiro atoms. The molecule has 1 amide bonds. The van der Waals surface area contributed by atoms with E-state index in [9.17, 15) is 14.7 Å². The van der Waals surface area contributed by atoms with Gasteiger partial charge in [0, 0.05) is 22.0 Å². The average molecular weight is 709 g/mol. The van der Waals surface area contributed by atoms with Crippen molar-refractivity contribution in [2.24, 2.45) is 5.92 Å². The number of imidazole rings is 1. The summed E-state index contributed by atoms with van der Waals surface area (Å²) in [6, 6.07) is 15.3. The number of Topliss-reactive ketones (excluding diaryl/α,β-unsaturated/α-hetero) is 1. The maximum absolute atomic E-state index is 13.8. The summed E-state index contributed by atoms with van der Waals surface area (Å²) in [6.07, 6.45) is 2.70. The van der Waals surface area contributed by atoms with Gasteiger partial charge in [0.1, 0.15) is 17.1 Å². The van der Waals surface area contributed by atoms with Gasteiger partial charge in [-0.3, -0.25) is 14.5 Å². The highest BCUT2D eigenvalue weighted by Gasteiger charge is 2.49. The van der Waals surface area contributed by atoms with Gasteiger partial charge < -0.3 is 14.2 Å². The molecule has 0 saturated carbocycles. The number of rotatable bonds is 10. The SMILES string of the molecule is Cc1cccn2c(C)c(/C(O)=C3\C(=O)C(=O)N(c4nnc(SCc5ccc(Cl)cc5Cl)s4)C3c3cccc(OCCC(C)C)c3)nc12. The number of halogens is 2. The number of aromatic nitrogens is 4. The summed E-state index contributed by atoms with van der Waals surface area (Å²) in [5.41, 5.74) is 3.75. The van der Waals surface area contributed by atoms with Gasteiger partial charge in [0.2, 0.25) is 5.13 Å². The Bertz CT molecular complexity index is 2040. The molecule has 6 rings (SSSR count). The Morgan fingerprint density at radius 2 is 1.89 bits per heavy atom. The van der Waals surface area contributed by atoms with Crippen LogP contribution in [0.15, 0.2) is 70.7 Å². The number of ketones is 1. The smallest absolute Gasteiger partial charge is 0.301 e. The first-order chi connectivity index (χ1) is 22.5. The second-order valence-corrected chi connectivity index (χ2v) is 14.6. The van der Waals surface area contributed by atoms with Gasteiger partial charge in [-0.15, -0.1) is 10.2 Å². The number of aryl methyl sites for hydroxylation is 2. The summed E-state index contributed by atoms with van der Waals surface area (Å²) >= 11 is 15.0. The number of carbonyl (C=O) groups excluding carboxylic acids is 2. The fourth-order valence-corrected chi connectivity index (χ4v) is 7.77. The summed E-state index contributed by atoms with van der Waals surface area (Å²) in [6.45, 7) is 8.48. The Balaban J connectivity index is 1.42. The van der Waals surface area contributed by atoms with Gasteiger partial charge in [-0.2, -0.15) is 0 Å². The van der Waals surface area contributed by atoms with Crippen LogP contribution >= 0.6 is 46.3 Å². The van der Waals surface area contributed by atoms with Crippen molar-refractivity contribution in [1.82, 2.24) is 19.6 Å². The van der Waals surface area contributed by atoms with E-state index < -0.39 is 17.7 Å². The molecule has 13 heteroatoms. The van der Waals surface area contributed by atoms with Crippen LogP contribution in [0.2, 0.25) is 10.0 Å². The third-order valence-electron chi connectivity index (χ3n) is 7.86. The summed E-state index contributed by atoms with van der Waals surface area (Å²) in [5, 5.41) is 21.7. The van der Waals surface area contributed by atoms with E-state index in [4.69, 9.17) is 27.9 Å². The number of pyridine rings is 1. The van der Waals surface area contributed by atoms with Gasteiger partial charge in [-0.25, -0.2) is 4.98 Å². The van der Waals surface area contributed by atoms with Crippen molar-refractivity contribution in [3.8, 4) is 5.75 Å². The molecule has 4 heterocycles. The summed E-state index contributed by atoms with van der Waals surface area (Å²) in [7, 11) is 0.